The normalized spacial score (nSPS) is 11.5. The zero-order valence-corrected chi connectivity index (χ0v) is 8.83. The molecule has 0 aliphatic heterocycles. The number of hydrogen-bond acceptors (Lipinski definition) is 3. The van der Waals surface area contributed by atoms with Gasteiger partial charge in [-0.15, -0.1) is 13.2 Å². The molecule has 0 saturated carbocycles. The van der Waals surface area contributed by atoms with Crippen LogP contribution >= 0.6 is 22.6 Å². The number of ether oxygens (including phenoxy) is 1. The van der Waals surface area contributed by atoms with Gasteiger partial charge in [-0.25, -0.2) is 4.98 Å². The van der Waals surface area contributed by atoms with Gasteiger partial charge < -0.3 is 9.84 Å². The van der Waals surface area contributed by atoms with Crippen molar-refractivity contribution < 1.29 is 23.0 Å². The summed E-state index contributed by atoms with van der Waals surface area (Å²) in [6, 6.07) is 2.81. The van der Waals surface area contributed by atoms with Crippen LogP contribution in [0.25, 0.3) is 0 Å². The lowest BCUT2D eigenvalue weighted by Crippen LogP contribution is -2.19. The van der Waals surface area contributed by atoms with E-state index in [4.69, 9.17) is 5.11 Å². The number of rotatable bonds is 2. The second-order valence-corrected chi connectivity index (χ2v) is 3.41. The molecule has 3 nitrogen and oxygen atoms in total. The van der Waals surface area contributed by atoms with Crippen LogP contribution in [0.15, 0.2) is 12.1 Å². The van der Waals surface area contributed by atoms with Gasteiger partial charge in [-0.1, -0.05) is 0 Å². The molecule has 0 aliphatic carbocycles. The fourth-order valence-electron chi connectivity index (χ4n) is 0.765. The Hall–Kier alpha value is -0.570. The molecule has 0 bridgehead atoms. The number of alkyl halides is 3. The Bertz CT molecular complexity index is 329. The number of nitrogens with zero attached hydrogens (tertiary/aromatic N) is 1. The van der Waals surface area contributed by atoms with Crippen molar-refractivity contribution in [1.29, 1.82) is 0 Å². The molecule has 1 rings (SSSR count). The van der Waals surface area contributed by atoms with E-state index in [9.17, 15) is 13.2 Å². The topological polar surface area (TPSA) is 42.4 Å². The van der Waals surface area contributed by atoms with Gasteiger partial charge in [0, 0.05) is 5.56 Å². The van der Waals surface area contributed by atoms with Crippen molar-refractivity contribution in [3.05, 3.63) is 21.4 Å². The quantitative estimate of drug-likeness (QED) is 0.670. The van der Waals surface area contributed by atoms with E-state index < -0.39 is 18.8 Å². The van der Waals surface area contributed by atoms with Crippen LogP contribution in [0.4, 0.5) is 13.2 Å². The molecule has 0 unspecified atom stereocenters. The number of pyridine rings is 1. The fourth-order valence-corrected chi connectivity index (χ4v) is 1.16. The van der Waals surface area contributed by atoms with E-state index in [1.54, 1.807) is 22.6 Å². The molecule has 0 atom stereocenters. The van der Waals surface area contributed by atoms with Gasteiger partial charge in [0.1, 0.15) is 3.70 Å². The van der Waals surface area contributed by atoms with E-state index in [2.05, 4.69) is 9.72 Å². The zero-order chi connectivity index (χ0) is 10.8. The zero-order valence-electron chi connectivity index (χ0n) is 6.68. The standard InChI is InChI=1S/C7H5F3INO2/c8-7(9,10)14-6-4(3-13)1-2-5(11)12-6/h1-2,13H,3H2. The molecule has 7 heteroatoms. The first-order chi connectivity index (χ1) is 6.42. The van der Waals surface area contributed by atoms with E-state index in [0.717, 1.165) is 0 Å². The second kappa shape index (κ2) is 4.30. The van der Waals surface area contributed by atoms with Crippen LogP contribution in [0.1, 0.15) is 5.56 Å². The highest BCUT2D eigenvalue weighted by molar-refractivity contribution is 14.1. The van der Waals surface area contributed by atoms with Crippen molar-refractivity contribution in [3.63, 3.8) is 0 Å². The summed E-state index contributed by atoms with van der Waals surface area (Å²) in [6.07, 6.45) is -4.79. The molecular weight excluding hydrogens is 314 g/mol. The van der Waals surface area contributed by atoms with Crippen LogP contribution in [0.5, 0.6) is 5.88 Å². The molecule has 14 heavy (non-hydrogen) atoms. The van der Waals surface area contributed by atoms with Crippen LogP contribution in [-0.2, 0) is 6.61 Å². The molecule has 0 fully saturated rings. The summed E-state index contributed by atoms with van der Waals surface area (Å²) in [7, 11) is 0. The minimum Gasteiger partial charge on any atom is -0.391 e. The molecule has 1 aromatic rings. The van der Waals surface area contributed by atoms with Gasteiger partial charge in [-0.05, 0) is 34.7 Å². The third kappa shape index (κ3) is 3.29. The van der Waals surface area contributed by atoms with E-state index in [0.29, 0.717) is 3.70 Å². The van der Waals surface area contributed by atoms with Crippen molar-refractivity contribution in [2.24, 2.45) is 0 Å². The van der Waals surface area contributed by atoms with Gasteiger partial charge in [0.15, 0.2) is 0 Å². The van der Waals surface area contributed by atoms with Gasteiger partial charge in [0.05, 0.1) is 6.61 Å². The van der Waals surface area contributed by atoms with Crippen molar-refractivity contribution in [2.45, 2.75) is 13.0 Å². The summed E-state index contributed by atoms with van der Waals surface area (Å²) in [6.45, 7) is -0.546. The van der Waals surface area contributed by atoms with Gasteiger partial charge >= 0.3 is 6.36 Å². The van der Waals surface area contributed by atoms with Crippen molar-refractivity contribution in [3.8, 4) is 5.88 Å². The monoisotopic (exact) mass is 319 g/mol. The van der Waals surface area contributed by atoms with E-state index in [1.165, 1.54) is 12.1 Å². The molecule has 1 N–H and O–H groups in total. The Morgan fingerprint density at radius 1 is 1.43 bits per heavy atom. The lowest BCUT2D eigenvalue weighted by Gasteiger charge is -2.10. The molecule has 78 valence electrons. The predicted octanol–water partition coefficient (Wildman–Crippen LogP) is 2.08. The molecular formula is C7H5F3INO2. The van der Waals surface area contributed by atoms with Gasteiger partial charge in [0.25, 0.3) is 0 Å². The van der Waals surface area contributed by atoms with Crippen LogP contribution < -0.4 is 4.74 Å². The smallest absolute Gasteiger partial charge is 0.391 e. The summed E-state index contributed by atoms with van der Waals surface area (Å²) in [5.74, 6) is -0.605. The van der Waals surface area contributed by atoms with E-state index in [1.807, 2.05) is 0 Å². The van der Waals surface area contributed by atoms with Crippen molar-refractivity contribution in [1.82, 2.24) is 4.98 Å². The lowest BCUT2D eigenvalue weighted by molar-refractivity contribution is -0.276. The maximum Gasteiger partial charge on any atom is 0.574 e. The summed E-state index contributed by atoms with van der Waals surface area (Å²) in [4.78, 5) is 3.51. The minimum atomic E-state index is -4.79. The first-order valence-corrected chi connectivity index (χ1v) is 4.52. The summed E-state index contributed by atoms with van der Waals surface area (Å²) in [5.41, 5.74) is 0.00254. The molecule has 1 aromatic heterocycles. The van der Waals surface area contributed by atoms with E-state index >= 15 is 0 Å². The average Bonchev–Trinajstić information content (AvgIpc) is 2.01. The molecule has 1 heterocycles. The predicted molar refractivity (Wildman–Crippen MR) is 49.6 cm³/mol. The minimum absolute atomic E-state index is 0.00254. The highest BCUT2D eigenvalue weighted by Crippen LogP contribution is 2.25. The van der Waals surface area contributed by atoms with Gasteiger partial charge in [-0.2, -0.15) is 0 Å². The van der Waals surface area contributed by atoms with Gasteiger partial charge in [0.2, 0.25) is 5.88 Å². The van der Waals surface area contributed by atoms with Crippen LogP contribution in [0.3, 0.4) is 0 Å². The largest absolute Gasteiger partial charge is 0.574 e. The number of aliphatic hydroxyl groups excluding tert-OH is 1. The molecule has 0 amide bonds. The molecule has 0 saturated heterocycles. The van der Waals surface area contributed by atoms with Gasteiger partial charge in [-0.3, -0.25) is 0 Å². The Balaban J connectivity index is 2.99. The number of aliphatic hydroxyl groups is 1. The first kappa shape index (κ1) is 11.5. The molecule has 0 aliphatic rings. The Kier molecular flexibility index (Phi) is 3.53. The SMILES string of the molecule is OCc1ccc(I)nc1OC(F)(F)F. The highest BCUT2D eigenvalue weighted by atomic mass is 127. The summed E-state index contributed by atoms with van der Waals surface area (Å²) >= 11 is 1.75. The van der Waals surface area contributed by atoms with E-state index in [-0.39, 0.29) is 5.56 Å². The van der Waals surface area contributed by atoms with Crippen LogP contribution in [0, 0.1) is 3.70 Å². The molecule has 0 spiro atoms. The maximum absolute atomic E-state index is 11.8. The Morgan fingerprint density at radius 2 is 2.07 bits per heavy atom. The first-order valence-electron chi connectivity index (χ1n) is 3.44. The average molecular weight is 319 g/mol. The third-order valence-electron chi connectivity index (χ3n) is 1.29. The fraction of sp³-hybridized carbons (Fsp3) is 0.286. The number of hydrogen-bond donors (Lipinski definition) is 1. The maximum atomic E-state index is 11.8. The number of aromatic nitrogens is 1. The Labute approximate surface area is 91.0 Å². The lowest BCUT2D eigenvalue weighted by atomic mass is 10.3. The van der Waals surface area contributed by atoms with Crippen LogP contribution in [-0.4, -0.2) is 16.5 Å². The summed E-state index contributed by atoms with van der Waals surface area (Å²) < 4.78 is 39.5. The highest BCUT2D eigenvalue weighted by Gasteiger charge is 2.32. The van der Waals surface area contributed by atoms with Crippen LogP contribution in [0.2, 0.25) is 0 Å². The van der Waals surface area contributed by atoms with Crippen molar-refractivity contribution in [2.75, 3.05) is 0 Å². The molecule has 0 radical (unpaired) electrons. The second-order valence-electron chi connectivity index (χ2n) is 2.30. The summed E-state index contributed by atoms with van der Waals surface area (Å²) in [5, 5.41) is 8.72. The molecule has 0 aromatic carbocycles. The Morgan fingerprint density at radius 3 is 2.57 bits per heavy atom. The third-order valence-corrected chi connectivity index (χ3v) is 1.89. The number of halogens is 4. The van der Waals surface area contributed by atoms with Crippen molar-refractivity contribution >= 4 is 22.6 Å².